The van der Waals surface area contributed by atoms with Gasteiger partial charge in [0.15, 0.2) is 5.13 Å². The summed E-state index contributed by atoms with van der Waals surface area (Å²) in [6, 6.07) is 2.15. The number of hydrogen-bond donors (Lipinski definition) is 2. The first-order valence-corrected chi connectivity index (χ1v) is 11.4. The van der Waals surface area contributed by atoms with Crippen molar-refractivity contribution in [2.75, 3.05) is 29.7 Å². The summed E-state index contributed by atoms with van der Waals surface area (Å²) in [6.07, 6.45) is 3.30. The van der Waals surface area contributed by atoms with E-state index in [1.165, 1.54) is 6.20 Å². The SMILES string of the molecule is CC(=O)N1CCCC(CNc2cc(F)c(S(=O)(=O)Nc3nccs3)cc2Cl)C1. The van der Waals surface area contributed by atoms with Crippen LogP contribution in [0.3, 0.4) is 0 Å². The van der Waals surface area contributed by atoms with Crippen LogP contribution in [0.15, 0.2) is 28.6 Å². The fourth-order valence-electron chi connectivity index (χ4n) is 3.09. The molecule has 2 N–H and O–H groups in total. The highest BCUT2D eigenvalue weighted by Gasteiger charge is 2.24. The number of aromatic nitrogens is 1. The van der Waals surface area contributed by atoms with E-state index in [1.807, 2.05) is 0 Å². The summed E-state index contributed by atoms with van der Waals surface area (Å²) in [4.78, 5) is 16.6. The Labute approximate surface area is 172 Å². The van der Waals surface area contributed by atoms with Crippen molar-refractivity contribution < 1.29 is 17.6 Å². The van der Waals surface area contributed by atoms with E-state index in [-0.39, 0.29) is 22.0 Å². The molecule has 11 heteroatoms. The van der Waals surface area contributed by atoms with E-state index >= 15 is 0 Å². The van der Waals surface area contributed by atoms with E-state index in [9.17, 15) is 17.6 Å². The number of carbonyl (C=O) groups is 1. The van der Waals surface area contributed by atoms with Crippen molar-refractivity contribution in [1.82, 2.24) is 9.88 Å². The number of hydrogen-bond acceptors (Lipinski definition) is 6. The zero-order valence-corrected chi connectivity index (χ0v) is 17.5. The van der Waals surface area contributed by atoms with Crippen LogP contribution < -0.4 is 10.0 Å². The van der Waals surface area contributed by atoms with Crippen LogP contribution in [0.5, 0.6) is 0 Å². The first kappa shape index (κ1) is 20.8. The number of anilines is 2. The summed E-state index contributed by atoms with van der Waals surface area (Å²) < 4.78 is 41.5. The molecule has 1 aromatic carbocycles. The fraction of sp³-hybridized carbons (Fsp3) is 0.412. The van der Waals surface area contributed by atoms with Crippen LogP contribution in [0.25, 0.3) is 0 Å². The van der Waals surface area contributed by atoms with E-state index in [2.05, 4.69) is 15.0 Å². The highest BCUT2D eigenvalue weighted by atomic mass is 35.5. The van der Waals surface area contributed by atoms with Crippen molar-refractivity contribution in [3.05, 3.63) is 34.5 Å². The standard InChI is InChI=1S/C17H20ClFN4O3S2/c1-11(24)23-5-2-3-12(10-23)9-21-15-8-14(19)16(7-13(15)18)28(25,26)22-17-20-4-6-27-17/h4,6-8,12,21H,2-3,5,9-10H2,1H3,(H,20,22). The summed E-state index contributed by atoms with van der Waals surface area (Å²) >= 11 is 7.27. The molecule has 1 fully saturated rings. The number of carbonyl (C=O) groups excluding carboxylic acids is 1. The normalized spacial score (nSPS) is 17.4. The molecule has 1 atom stereocenters. The van der Waals surface area contributed by atoms with Crippen molar-refractivity contribution in [3.63, 3.8) is 0 Å². The second-order valence-corrected chi connectivity index (χ2v) is 9.51. The maximum absolute atomic E-state index is 14.5. The molecule has 1 aliphatic rings. The van der Waals surface area contributed by atoms with Crippen LogP contribution in [0.2, 0.25) is 5.02 Å². The number of thiazole rings is 1. The predicted molar refractivity (Wildman–Crippen MR) is 108 cm³/mol. The quantitative estimate of drug-likeness (QED) is 0.709. The number of benzene rings is 1. The van der Waals surface area contributed by atoms with Crippen LogP contribution in [0.4, 0.5) is 15.2 Å². The van der Waals surface area contributed by atoms with Crippen molar-refractivity contribution in [3.8, 4) is 0 Å². The molecule has 1 unspecified atom stereocenters. The summed E-state index contributed by atoms with van der Waals surface area (Å²) in [5, 5.41) is 4.92. The molecule has 0 radical (unpaired) electrons. The van der Waals surface area contributed by atoms with Gasteiger partial charge in [-0.05, 0) is 30.9 Å². The Morgan fingerprint density at radius 3 is 2.93 bits per heavy atom. The predicted octanol–water partition coefficient (Wildman–Crippen LogP) is 3.41. The lowest BCUT2D eigenvalue weighted by atomic mass is 9.98. The van der Waals surface area contributed by atoms with Gasteiger partial charge in [0.1, 0.15) is 10.7 Å². The van der Waals surface area contributed by atoms with Gasteiger partial charge in [-0.15, -0.1) is 11.3 Å². The summed E-state index contributed by atoms with van der Waals surface area (Å²) in [5.74, 6) is -0.659. The second-order valence-electron chi connectivity index (χ2n) is 6.56. The lowest BCUT2D eigenvalue weighted by Crippen LogP contribution is -2.40. The van der Waals surface area contributed by atoms with Gasteiger partial charge in [-0.2, -0.15) is 0 Å². The molecule has 3 rings (SSSR count). The third-order valence-electron chi connectivity index (χ3n) is 4.51. The zero-order chi connectivity index (χ0) is 20.3. The van der Waals surface area contributed by atoms with E-state index in [1.54, 1.807) is 17.2 Å². The lowest BCUT2D eigenvalue weighted by Gasteiger charge is -2.32. The molecule has 0 bridgehead atoms. The fourth-order valence-corrected chi connectivity index (χ4v) is 5.26. The molecular formula is C17H20ClFN4O3S2. The van der Waals surface area contributed by atoms with Crippen LogP contribution in [-0.4, -0.2) is 43.8 Å². The van der Waals surface area contributed by atoms with Gasteiger partial charge in [0.05, 0.1) is 10.7 Å². The molecule has 1 aliphatic heterocycles. The molecule has 2 aromatic rings. The molecule has 7 nitrogen and oxygen atoms in total. The van der Waals surface area contributed by atoms with Gasteiger partial charge in [-0.25, -0.2) is 17.8 Å². The third kappa shape index (κ3) is 4.92. The maximum Gasteiger partial charge on any atom is 0.266 e. The molecule has 1 saturated heterocycles. The Morgan fingerprint density at radius 1 is 1.46 bits per heavy atom. The molecule has 0 spiro atoms. The Hall–Kier alpha value is -1.91. The minimum absolute atomic E-state index is 0.0380. The van der Waals surface area contributed by atoms with Crippen molar-refractivity contribution >= 4 is 49.7 Å². The average molecular weight is 447 g/mol. The molecule has 28 heavy (non-hydrogen) atoms. The Balaban J connectivity index is 1.70. The van der Waals surface area contributed by atoms with E-state index in [0.717, 1.165) is 42.9 Å². The topological polar surface area (TPSA) is 91.4 Å². The minimum atomic E-state index is -4.14. The van der Waals surface area contributed by atoms with Gasteiger partial charge < -0.3 is 10.2 Å². The highest BCUT2D eigenvalue weighted by Crippen LogP contribution is 2.30. The number of piperidine rings is 1. The molecule has 0 aliphatic carbocycles. The largest absolute Gasteiger partial charge is 0.383 e. The first-order chi connectivity index (χ1) is 13.3. The van der Waals surface area contributed by atoms with E-state index < -0.39 is 20.7 Å². The average Bonchev–Trinajstić information content (AvgIpc) is 3.14. The van der Waals surface area contributed by atoms with Gasteiger partial charge in [0, 0.05) is 38.1 Å². The Morgan fingerprint density at radius 2 is 2.25 bits per heavy atom. The van der Waals surface area contributed by atoms with E-state index in [0.29, 0.717) is 18.8 Å². The molecule has 2 heterocycles. The number of likely N-dealkylation sites (tertiary alicyclic amines) is 1. The van der Waals surface area contributed by atoms with Gasteiger partial charge in [-0.1, -0.05) is 11.6 Å². The zero-order valence-electron chi connectivity index (χ0n) is 15.1. The van der Waals surface area contributed by atoms with Crippen LogP contribution in [0.1, 0.15) is 19.8 Å². The molecule has 0 saturated carbocycles. The Kier molecular flexibility index (Phi) is 6.41. The minimum Gasteiger partial charge on any atom is -0.383 e. The number of nitrogens with one attached hydrogen (secondary N) is 2. The summed E-state index contributed by atoms with van der Waals surface area (Å²) in [5.41, 5.74) is 0.312. The molecular weight excluding hydrogens is 427 g/mol. The molecule has 1 aromatic heterocycles. The number of rotatable bonds is 6. The first-order valence-electron chi connectivity index (χ1n) is 8.67. The smallest absolute Gasteiger partial charge is 0.266 e. The van der Waals surface area contributed by atoms with Crippen molar-refractivity contribution in [2.24, 2.45) is 5.92 Å². The number of sulfonamides is 1. The maximum atomic E-state index is 14.5. The third-order valence-corrected chi connectivity index (χ3v) is 6.99. The summed E-state index contributed by atoms with van der Waals surface area (Å²) in [6.45, 7) is 3.43. The summed E-state index contributed by atoms with van der Waals surface area (Å²) in [7, 11) is -4.14. The lowest BCUT2D eigenvalue weighted by molar-refractivity contribution is -0.130. The van der Waals surface area contributed by atoms with Crippen LogP contribution in [0, 0.1) is 11.7 Å². The van der Waals surface area contributed by atoms with Gasteiger partial charge in [-0.3, -0.25) is 9.52 Å². The van der Waals surface area contributed by atoms with Crippen LogP contribution in [-0.2, 0) is 14.8 Å². The number of nitrogens with zero attached hydrogens (tertiary/aromatic N) is 2. The molecule has 152 valence electrons. The second kappa shape index (κ2) is 8.62. The highest BCUT2D eigenvalue weighted by molar-refractivity contribution is 7.93. The van der Waals surface area contributed by atoms with Crippen molar-refractivity contribution in [1.29, 1.82) is 0 Å². The van der Waals surface area contributed by atoms with Gasteiger partial charge >= 0.3 is 0 Å². The van der Waals surface area contributed by atoms with Gasteiger partial charge in [0.2, 0.25) is 5.91 Å². The monoisotopic (exact) mass is 446 g/mol. The van der Waals surface area contributed by atoms with Crippen LogP contribution >= 0.6 is 22.9 Å². The van der Waals surface area contributed by atoms with Crippen molar-refractivity contribution in [2.45, 2.75) is 24.7 Å². The van der Waals surface area contributed by atoms with Gasteiger partial charge in [0.25, 0.3) is 10.0 Å². The van der Waals surface area contributed by atoms with E-state index in [4.69, 9.17) is 11.6 Å². The number of halogens is 2. The Bertz CT molecular complexity index is 954. The molecule has 1 amide bonds. The number of amides is 1.